The fourth-order valence-corrected chi connectivity index (χ4v) is 2.51. The Hall–Kier alpha value is -1.12. The lowest BCUT2D eigenvalue weighted by atomic mass is 9.99. The van der Waals surface area contributed by atoms with Crippen LogP contribution in [-0.4, -0.2) is 0 Å². The molecule has 1 aromatic heterocycles. The van der Waals surface area contributed by atoms with Crippen molar-refractivity contribution in [1.29, 1.82) is 0 Å². The fraction of sp³-hybridized carbons (Fsp3) is 0.286. The lowest BCUT2D eigenvalue weighted by Gasteiger charge is -2.12. The van der Waals surface area contributed by atoms with E-state index in [1.54, 1.807) is 11.3 Å². The van der Waals surface area contributed by atoms with E-state index >= 15 is 0 Å². The maximum atomic E-state index is 6.21. The number of hydrogen-bond donors (Lipinski definition) is 1. The van der Waals surface area contributed by atoms with Crippen LogP contribution in [0.5, 0.6) is 0 Å². The molecule has 0 aliphatic rings. The van der Waals surface area contributed by atoms with E-state index in [-0.39, 0.29) is 6.04 Å². The Morgan fingerprint density at radius 1 is 1.25 bits per heavy atom. The highest BCUT2D eigenvalue weighted by Crippen LogP contribution is 2.19. The first-order chi connectivity index (χ1) is 7.79. The molecule has 84 valence electrons. The molecule has 1 atom stereocenters. The predicted octanol–water partition coefficient (Wildman–Crippen LogP) is 3.55. The summed E-state index contributed by atoms with van der Waals surface area (Å²) in [7, 11) is 0. The summed E-state index contributed by atoms with van der Waals surface area (Å²) in [6, 6.07) is 10.9. The minimum atomic E-state index is 0.112. The first-order valence-electron chi connectivity index (χ1n) is 5.65. The van der Waals surface area contributed by atoms with Crippen LogP contribution < -0.4 is 5.73 Å². The van der Waals surface area contributed by atoms with Gasteiger partial charge in [-0.2, -0.15) is 11.3 Å². The van der Waals surface area contributed by atoms with E-state index in [0.717, 1.165) is 12.8 Å². The van der Waals surface area contributed by atoms with Crippen molar-refractivity contribution in [2.24, 2.45) is 5.73 Å². The number of nitrogens with two attached hydrogens (primary N) is 1. The minimum absolute atomic E-state index is 0.112. The highest BCUT2D eigenvalue weighted by Gasteiger charge is 2.07. The molecule has 0 aliphatic heterocycles. The van der Waals surface area contributed by atoms with Gasteiger partial charge in [0.05, 0.1) is 0 Å². The van der Waals surface area contributed by atoms with Gasteiger partial charge in [-0.1, -0.05) is 31.2 Å². The normalized spacial score (nSPS) is 12.6. The molecule has 2 N–H and O–H groups in total. The third kappa shape index (κ3) is 2.71. The van der Waals surface area contributed by atoms with Crippen molar-refractivity contribution in [2.45, 2.75) is 25.8 Å². The van der Waals surface area contributed by atoms with Gasteiger partial charge in [-0.15, -0.1) is 0 Å². The van der Waals surface area contributed by atoms with Gasteiger partial charge in [-0.3, -0.25) is 0 Å². The molecule has 2 rings (SSSR count). The van der Waals surface area contributed by atoms with Crippen molar-refractivity contribution in [2.75, 3.05) is 0 Å². The fourth-order valence-electron chi connectivity index (χ4n) is 1.82. The van der Waals surface area contributed by atoms with Crippen LogP contribution in [-0.2, 0) is 12.8 Å². The smallest absolute Gasteiger partial charge is 0.0336 e. The maximum absolute atomic E-state index is 6.21. The second kappa shape index (κ2) is 5.28. The first-order valence-corrected chi connectivity index (χ1v) is 6.59. The van der Waals surface area contributed by atoms with Crippen LogP contribution in [0.1, 0.15) is 29.7 Å². The van der Waals surface area contributed by atoms with Crippen LogP contribution in [0.25, 0.3) is 0 Å². The number of hydrogen-bond acceptors (Lipinski definition) is 2. The van der Waals surface area contributed by atoms with Crippen LogP contribution in [0, 0.1) is 0 Å². The molecule has 0 radical (unpaired) electrons. The number of rotatable bonds is 4. The van der Waals surface area contributed by atoms with Gasteiger partial charge in [0, 0.05) is 6.04 Å². The highest BCUT2D eigenvalue weighted by atomic mass is 32.1. The summed E-state index contributed by atoms with van der Waals surface area (Å²) >= 11 is 1.73. The minimum Gasteiger partial charge on any atom is -0.324 e. The van der Waals surface area contributed by atoms with Gasteiger partial charge in [0.25, 0.3) is 0 Å². The Morgan fingerprint density at radius 3 is 2.81 bits per heavy atom. The third-order valence-corrected chi connectivity index (χ3v) is 3.56. The summed E-state index contributed by atoms with van der Waals surface area (Å²) in [5.41, 5.74) is 10.1. The molecule has 0 saturated heterocycles. The SMILES string of the molecule is CCc1cccc(C(N)Cc2ccsc2)c1. The van der Waals surface area contributed by atoms with E-state index in [4.69, 9.17) is 5.73 Å². The Kier molecular flexibility index (Phi) is 3.75. The second-order valence-electron chi connectivity index (χ2n) is 4.04. The molecule has 1 heterocycles. The van der Waals surface area contributed by atoms with E-state index in [1.165, 1.54) is 16.7 Å². The largest absolute Gasteiger partial charge is 0.324 e. The van der Waals surface area contributed by atoms with Gasteiger partial charge in [-0.05, 0) is 46.4 Å². The molecule has 1 unspecified atom stereocenters. The van der Waals surface area contributed by atoms with Crippen molar-refractivity contribution in [3.63, 3.8) is 0 Å². The van der Waals surface area contributed by atoms with Gasteiger partial charge >= 0.3 is 0 Å². The van der Waals surface area contributed by atoms with Gasteiger partial charge in [0.15, 0.2) is 0 Å². The lowest BCUT2D eigenvalue weighted by Crippen LogP contribution is -2.13. The second-order valence-corrected chi connectivity index (χ2v) is 4.82. The van der Waals surface area contributed by atoms with Crippen LogP contribution in [0.3, 0.4) is 0 Å². The lowest BCUT2D eigenvalue weighted by molar-refractivity contribution is 0.722. The van der Waals surface area contributed by atoms with E-state index in [0.29, 0.717) is 0 Å². The van der Waals surface area contributed by atoms with Crippen LogP contribution in [0.4, 0.5) is 0 Å². The van der Waals surface area contributed by atoms with Crippen molar-refractivity contribution in [3.8, 4) is 0 Å². The number of aryl methyl sites for hydroxylation is 1. The van der Waals surface area contributed by atoms with Crippen molar-refractivity contribution in [1.82, 2.24) is 0 Å². The molecule has 0 aliphatic carbocycles. The summed E-state index contributed by atoms with van der Waals surface area (Å²) in [6.45, 7) is 2.17. The topological polar surface area (TPSA) is 26.0 Å². The van der Waals surface area contributed by atoms with Crippen LogP contribution in [0.15, 0.2) is 41.1 Å². The molecule has 0 bridgehead atoms. The summed E-state index contributed by atoms with van der Waals surface area (Å²) in [4.78, 5) is 0. The van der Waals surface area contributed by atoms with Crippen molar-refractivity contribution >= 4 is 11.3 Å². The summed E-state index contributed by atoms with van der Waals surface area (Å²) in [5, 5.41) is 4.27. The molecule has 0 saturated carbocycles. The Balaban J connectivity index is 2.11. The highest BCUT2D eigenvalue weighted by molar-refractivity contribution is 7.07. The molecule has 16 heavy (non-hydrogen) atoms. The monoisotopic (exact) mass is 231 g/mol. The molecule has 1 nitrogen and oxygen atoms in total. The first kappa shape index (κ1) is 11.4. The van der Waals surface area contributed by atoms with E-state index in [1.807, 2.05) is 0 Å². The van der Waals surface area contributed by atoms with E-state index in [2.05, 4.69) is 48.0 Å². The molecule has 2 heteroatoms. The molecular weight excluding hydrogens is 214 g/mol. The number of benzene rings is 1. The van der Waals surface area contributed by atoms with E-state index < -0.39 is 0 Å². The average Bonchev–Trinajstić information content (AvgIpc) is 2.82. The van der Waals surface area contributed by atoms with Crippen molar-refractivity contribution < 1.29 is 0 Å². The molecule has 2 aromatic rings. The van der Waals surface area contributed by atoms with E-state index in [9.17, 15) is 0 Å². The van der Waals surface area contributed by atoms with Gasteiger partial charge in [0.2, 0.25) is 0 Å². The molecule has 1 aromatic carbocycles. The van der Waals surface area contributed by atoms with Crippen molar-refractivity contribution in [3.05, 3.63) is 57.8 Å². The Bertz CT molecular complexity index is 434. The molecule has 0 spiro atoms. The average molecular weight is 231 g/mol. The molecule has 0 amide bonds. The van der Waals surface area contributed by atoms with Gasteiger partial charge in [0.1, 0.15) is 0 Å². The summed E-state index contributed by atoms with van der Waals surface area (Å²) < 4.78 is 0. The maximum Gasteiger partial charge on any atom is 0.0336 e. The Morgan fingerprint density at radius 2 is 2.12 bits per heavy atom. The Labute approximate surface area is 101 Å². The predicted molar refractivity (Wildman–Crippen MR) is 70.8 cm³/mol. The van der Waals surface area contributed by atoms with Crippen LogP contribution >= 0.6 is 11.3 Å². The summed E-state index contributed by atoms with van der Waals surface area (Å²) in [6.07, 6.45) is 2.00. The van der Waals surface area contributed by atoms with Crippen LogP contribution in [0.2, 0.25) is 0 Å². The molecular formula is C14H17NS. The van der Waals surface area contributed by atoms with Gasteiger partial charge < -0.3 is 5.73 Å². The standard InChI is InChI=1S/C14H17NS/c1-2-11-4-3-5-13(8-11)14(15)9-12-6-7-16-10-12/h3-8,10,14H,2,9,15H2,1H3. The zero-order valence-corrected chi connectivity index (χ0v) is 10.3. The van der Waals surface area contributed by atoms with Gasteiger partial charge in [-0.25, -0.2) is 0 Å². The third-order valence-electron chi connectivity index (χ3n) is 2.82. The quantitative estimate of drug-likeness (QED) is 0.855. The zero-order chi connectivity index (χ0) is 11.4. The molecule has 0 fully saturated rings. The number of thiophene rings is 1. The summed E-state index contributed by atoms with van der Waals surface area (Å²) in [5.74, 6) is 0. The zero-order valence-electron chi connectivity index (χ0n) is 9.52.